The second-order valence-corrected chi connectivity index (χ2v) is 5.73. The fraction of sp³-hybridized carbons (Fsp3) is 0.182. The van der Waals surface area contributed by atoms with Crippen LogP contribution in [0, 0.1) is 0 Å². The van der Waals surface area contributed by atoms with Crippen LogP contribution in [-0.4, -0.2) is 26.9 Å². The lowest BCUT2D eigenvalue weighted by Crippen LogP contribution is -2.00. The van der Waals surface area contributed by atoms with E-state index in [-0.39, 0.29) is 16.5 Å². The van der Waals surface area contributed by atoms with Crippen molar-refractivity contribution in [1.29, 1.82) is 0 Å². The Morgan fingerprint density at radius 2 is 2.11 bits per heavy atom. The van der Waals surface area contributed by atoms with Crippen molar-refractivity contribution in [2.24, 2.45) is 0 Å². The van der Waals surface area contributed by atoms with Crippen LogP contribution in [0.5, 0.6) is 5.75 Å². The van der Waals surface area contributed by atoms with E-state index in [4.69, 9.17) is 15.0 Å². The fourth-order valence-electron chi connectivity index (χ4n) is 1.61. The number of anilines is 1. The number of hydrogen-bond acceptors (Lipinski definition) is 6. The molecule has 96 valence electrons. The van der Waals surface area contributed by atoms with Crippen molar-refractivity contribution in [3.05, 3.63) is 24.4 Å². The number of ether oxygens (including phenoxy) is 1. The Bertz CT molecular complexity index is 676. The van der Waals surface area contributed by atoms with Crippen molar-refractivity contribution in [2.75, 3.05) is 19.1 Å². The number of methoxy groups -OCH3 is 1. The molecule has 0 saturated heterocycles. The molecule has 0 radical (unpaired) electrons. The summed E-state index contributed by atoms with van der Waals surface area (Å²) in [7, 11) is -1.93. The molecule has 1 heterocycles. The van der Waals surface area contributed by atoms with Crippen LogP contribution in [0.4, 0.5) is 5.88 Å². The molecular weight excluding hydrogens is 256 g/mol. The molecule has 1 aromatic carbocycles. The highest BCUT2D eigenvalue weighted by atomic mass is 32.2. The monoisotopic (exact) mass is 268 g/mol. The summed E-state index contributed by atoms with van der Waals surface area (Å²) >= 11 is 0. The molecular formula is C11H12N2O4S. The Balaban J connectivity index is 2.59. The number of hydrogen-bond donors (Lipinski definition) is 1. The van der Waals surface area contributed by atoms with Gasteiger partial charge in [0.25, 0.3) is 0 Å². The fourth-order valence-corrected chi connectivity index (χ4v) is 2.43. The van der Waals surface area contributed by atoms with Gasteiger partial charge < -0.3 is 15.0 Å². The molecule has 2 N–H and O–H groups in total. The summed E-state index contributed by atoms with van der Waals surface area (Å²) in [5, 5.41) is 3.57. The zero-order chi connectivity index (χ0) is 13.3. The predicted octanol–water partition coefficient (Wildman–Crippen LogP) is 1.34. The first-order chi connectivity index (χ1) is 8.43. The summed E-state index contributed by atoms with van der Waals surface area (Å²) in [5.74, 6) is 0.430. The van der Waals surface area contributed by atoms with Crippen LogP contribution < -0.4 is 10.5 Å². The van der Waals surface area contributed by atoms with Crippen molar-refractivity contribution in [3.8, 4) is 16.9 Å². The molecule has 0 aliphatic heterocycles. The number of benzene rings is 1. The highest BCUT2D eigenvalue weighted by Gasteiger charge is 2.16. The molecule has 7 heteroatoms. The van der Waals surface area contributed by atoms with Crippen LogP contribution in [-0.2, 0) is 9.84 Å². The van der Waals surface area contributed by atoms with Crippen molar-refractivity contribution in [2.45, 2.75) is 4.90 Å². The third-order valence-electron chi connectivity index (χ3n) is 2.47. The number of aromatic nitrogens is 1. The van der Waals surface area contributed by atoms with Crippen molar-refractivity contribution in [3.63, 3.8) is 0 Å². The minimum Gasteiger partial charge on any atom is -0.495 e. The van der Waals surface area contributed by atoms with E-state index in [1.807, 2.05) is 0 Å². The molecule has 18 heavy (non-hydrogen) atoms. The van der Waals surface area contributed by atoms with E-state index in [1.54, 1.807) is 12.1 Å². The van der Waals surface area contributed by atoms with Gasteiger partial charge in [0.15, 0.2) is 9.84 Å². The van der Waals surface area contributed by atoms with E-state index >= 15 is 0 Å². The number of nitrogen functional groups attached to an aromatic ring is 1. The summed E-state index contributed by atoms with van der Waals surface area (Å²) < 4.78 is 32.9. The van der Waals surface area contributed by atoms with Crippen LogP contribution in [0.3, 0.4) is 0 Å². The van der Waals surface area contributed by atoms with E-state index in [2.05, 4.69) is 5.16 Å². The molecule has 0 bridgehead atoms. The third-order valence-corrected chi connectivity index (χ3v) is 3.61. The highest BCUT2D eigenvalue weighted by Crippen LogP contribution is 2.32. The minimum absolute atomic E-state index is 0.128. The lowest BCUT2D eigenvalue weighted by molar-refractivity contribution is 0.403. The lowest BCUT2D eigenvalue weighted by atomic mass is 10.1. The second-order valence-electron chi connectivity index (χ2n) is 3.74. The molecule has 0 spiro atoms. The van der Waals surface area contributed by atoms with Crippen LogP contribution in [0.25, 0.3) is 11.1 Å². The van der Waals surface area contributed by atoms with Gasteiger partial charge in [-0.2, -0.15) is 0 Å². The van der Waals surface area contributed by atoms with Crippen LogP contribution in [0.2, 0.25) is 0 Å². The van der Waals surface area contributed by atoms with Gasteiger partial charge in [-0.05, 0) is 17.7 Å². The van der Waals surface area contributed by atoms with Crippen molar-refractivity contribution < 1.29 is 17.7 Å². The Labute approximate surface area is 104 Å². The van der Waals surface area contributed by atoms with E-state index in [9.17, 15) is 8.42 Å². The molecule has 2 aromatic rings. The predicted molar refractivity (Wildman–Crippen MR) is 66.0 cm³/mol. The Morgan fingerprint density at radius 1 is 1.39 bits per heavy atom. The van der Waals surface area contributed by atoms with Gasteiger partial charge in [0.2, 0.25) is 5.88 Å². The van der Waals surface area contributed by atoms with Gasteiger partial charge in [0.05, 0.1) is 18.9 Å². The topological polar surface area (TPSA) is 95.4 Å². The molecule has 2 rings (SSSR count). The van der Waals surface area contributed by atoms with Gasteiger partial charge in [-0.1, -0.05) is 11.2 Å². The maximum atomic E-state index is 11.5. The van der Waals surface area contributed by atoms with Gasteiger partial charge in [-0.25, -0.2) is 8.42 Å². The molecule has 0 aliphatic rings. The van der Waals surface area contributed by atoms with Gasteiger partial charge >= 0.3 is 0 Å². The van der Waals surface area contributed by atoms with Crippen LogP contribution in [0.15, 0.2) is 33.8 Å². The lowest BCUT2D eigenvalue weighted by Gasteiger charge is -2.08. The summed E-state index contributed by atoms with van der Waals surface area (Å²) in [6.07, 6.45) is 2.59. The van der Waals surface area contributed by atoms with Crippen molar-refractivity contribution in [1.82, 2.24) is 5.16 Å². The van der Waals surface area contributed by atoms with Gasteiger partial charge in [-0.3, -0.25) is 0 Å². The number of nitrogens with two attached hydrogens (primary N) is 1. The highest BCUT2D eigenvalue weighted by molar-refractivity contribution is 7.90. The molecule has 0 fully saturated rings. The molecule has 0 saturated carbocycles. The normalized spacial score (nSPS) is 11.4. The number of rotatable bonds is 3. The summed E-state index contributed by atoms with van der Waals surface area (Å²) in [6, 6.07) is 4.68. The largest absolute Gasteiger partial charge is 0.495 e. The summed E-state index contributed by atoms with van der Waals surface area (Å²) in [6.45, 7) is 0. The van der Waals surface area contributed by atoms with E-state index in [0.717, 1.165) is 6.26 Å². The summed E-state index contributed by atoms with van der Waals surface area (Å²) in [4.78, 5) is 0.128. The van der Waals surface area contributed by atoms with E-state index < -0.39 is 9.84 Å². The van der Waals surface area contributed by atoms with Gasteiger partial charge in [-0.15, -0.1) is 0 Å². The maximum Gasteiger partial charge on any atom is 0.229 e. The van der Waals surface area contributed by atoms with Gasteiger partial charge in [0, 0.05) is 6.26 Å². The molecule has 0 amide bonds. The first-order valence-electron chi connectivity index (χ1n) is 5.02. The quantitative estimate of drug-likeness (QED) is 0.902. The first-order valence-corrected chi connectivity index (χ1v) is 6.91. The van der Waals surface area contributed by atoms with E-state index in [0.29, 0.717) is 11.1 Å². The second kappa shape index (κ2) is 4.34. The maximum absolute atomic E-state index is 11.5. The Morgan fingerprint density at radius 3 is 2.61 bits per heavy atom. The average Bonchev–Trinajstić information content (AvgIpc) is 2.73. The Kier molecular flexibility index (Phi) is 3.00. The SMILES string of the molecule is COc1cc(-c2cnoc2N)ccc1S(C)(=O)=O. The number of nitrogens with zero attached hydrogens (tertiary/aromatic N) is 1. The smallest absolute Gasteiger partial charge is 0.229 e. The summed E-state index contributed by atoms with van der Waals surface area (Å²) in [5.41, 5.74) is 6.87. The van der Waals surface area contributed by atoms with Crippen LogP contribution in [0.1, 0.15) is 0 Å². The zero-order valence-corrected chi connectivity index (χ0v) is 10.7. The number of sulfone groups is 1. The molecule has 6 nitrogen and oxygen atoms in total. The molecule has 0 aliphatic carbocycles. The minimum atomic E-state index is -3.34. The molecule has 0 atom stereocenters. The van der Waals surface area contributed by atoms with Gasteiger partial charge in [0.1, 0.15) is 10.6 Å². The third kappa shape index (κ3) is 2.17. The standard InChI is InChI=1S/C11H12N2O4S/c1-16-9-5-7(8-6-13-17-11(8)12)3-4-10(9)18(2,14)15/h3-6H,12H2,1-2H3. The Hall–Kier alpha value is -2.02. The average molecular weight is 268 g/mol. The van der Waals surface area contributed by atoms with Crippen LogP contribution >= 0.6 is 0 Å². The molecule has 0 unspecified atom stereocenters. The molecule has 1 aromatic heterocycles. The first kappa shape index (κ1) is 12.4. The van der Waals surface area contributed by atoms with Crippen molar-refractivity contribution >= 4 is 15.7 Å². The van der Waals surface area contributed by atoms with E-state index in [1.165, 1.54) is 19.4 Å². The zero-order valence-electron chi connectivity index (χ0n) is 9.88.